The molecule has 0 aromatic carbocycles. The fourth-order valence-corrected chi connectivity index (χ4v) is 2.87. The Labute approximate surface area is 194 Å². The number of hydrogen-bond donors (Lipinski definition) is 6. The number of aliphatic hydroxyl groups is 2. The van der Waals surface area contributed by atoms with Crippen molar-refractivity contribution in [3.05, 3.63) is 21.9 Å². The molecule has 2 aromatic heterocycles. The van der Waals surface area contributed by atoms with E-state index in [4.69, 9.17) is 20.3 Å². The van der Waals surface area contributed by atoms with Crippen LogP contribution in [0.4, 0.5) is 5.95 Å². The molecule has 138 valence electrons. The predicted octanol–water partition coefficient (Wildman–Crippen LogP) is -9.32. The number of phosphoric ester groups is 1. The van der Waals surface area contributed by atoms with E-state index in [0.717, 1.165) is 10.9 Å². The van der Waals surface area contributed by atoms with Crippen LogP contribution in [0.1, 0.15) is 6.23 Å². The van der Waals surface area contributed by atoms with Crippen molar-refractivity contribution in [2.24, 2.45) is 0 Å². The monoisotopic (exact) mass is 425 g/mol. The second-order valence-electron chi connectivity index (χ2n) is 5.30. The van der Waals surface area contributed by atoms with E-state index in [-0.39, 0.29) is 75.4 Å². The molecule has 0 unspecified atom stereocenters. The number of hydrogen-bond acceptors (Lipinski definition) is 9. The zero-order chi connectivity index (χ0) is 18.5. The van der Waals surface area contributed by atoms with Crippen molar-refractivity contribution in [3.63, 3.8) is 0 Å². The number of rotatable bonds is 4. The van der Waals surface area contributed by atoms with Gasteiger partial charge in [-0.1, -0.05) is 0 Å². The molecule has 7 N–H and O–H groups in total. The molecule has 17 heteroatoms. The third kappa shape index (κ3) is 5.11. The first-order valence-corrected chi connectivity index (χ1v) is 8.32. The van der Waals surface area contributed by atoms with Crippen molar-refractivity contribution in [1.29, 1.82) is 0 Å². The first-order valence-electron chi connectivity index (χ1n) is 6.79. The van der Waals surface area contributed by atoms with Crippen molar-refractivity contribution >= 4 is 24.9 Å². The molecule has 1 saturated heterocycles. The average molecular weight is 425 g/mol. The molecule has 0 saturated carbocycles. The number of aromatic nitrogens is 4. The van der Waals surface area contributed by atoms with Gasteiger partial charge in [0.25, 0.3) is 17.5 Å². The molecule has 1 fully saturated rings. The van der Waals surface area contributed by atoms with Gasteiger partial charge < -0.3 is 35.7 Å². The Morgan fingerprint density at radius 2 is 2.04 bits per heavy atom. The van der Waals surface area contributed by atoms with Crippen LogP contribution in [0.5, 0.6) is 0 Å². The number of H-pyrrole nitrogens is 1. The summed E-state index contributed by atoms with van der Waals surface area (Å²) in [6.07, 6.45) is -4.98. The molecule has 0 radical (unpaired) electrons. The molecule has 14 nitrogen and oxygen atoms in total. The summed E-state index contributed by atoms with van der Waals surface area (Å²) in [6, 6.07) is 0. The van der Waals surface area contributed by atoms with Gasteiger partial charge in [0.15, 0.2) is 0 Å². The maximum absolute atomic E-state index is 11.9. The predicted molar refractivity (Wildman–Crippen MR) is 77.6 cm³/mol. The number of imidazole rings is 1. The van der Waals surface area contributed by atoms with E-state index < -0.39 is 50.0 Å². The van der Waals surface area contributed by atoms with Crippen molar-refractivity contribution in [1.82, 2.24) is 14.5 Å². The van der Waals surface area contributed by atoms with Crippen molar-refractivity contribution in [3.8, 4) is 0 Å². The topological polar surface area (TPSA) is 220 Å². The van der Waals surface area contributed by atoms with Crippen LogP contribution in [0.2, 0.25) is 0 Å². The molecule has 0 amide bonds. The molecule has 1 aliphatic heterocycles. The SMILES string of the molecule is Nc1nc2c(c(=O)[nH]1)[n+]([O-])cn2[C@@H]1O[C@H](COP(=O)(O)O)[C@@H](O)[C@H]1O.[Na+].[Na+]. The number of phosphoric acid groups is 1. The van der Waals surface area contributed by atoms with Gasteiger partial charge in [-0.05, 0) is 0 Å². The molecular formula is C10H14N5Na2O9P+2. The maximum Gasteiger partial charge on any atom is 1.00 e. The number of nitrogens with two attached hydrogens (primary N) is 1. The van der Waals surface area contributed by atoms with E-state index in [2.05, 4.69) is 14.5 Å². The summed E-state index contributed by atoms with van der Waals surface area (Å²) in [5.74, 6) is -0.285. The van der Waals surface area contributed by atoms with Crippen LogP contribution in [-0.2, 0) is 13.8 Å². The Kier molecular flexibility index (Phi) is 8.49. The number of ether oxygens (including phenoxy) is 1. The molecule has 4 atom stereocenters. The quantitative estimate of drug-likeness (QED) is 0.117. The minimum Gasteiger partial charge on any atom is -0.710 e. The van der Waals surface area contributed by atoms with Crippen LogP contribution in [-0.4, -0.2) is 59.5 Å². The fraction of sp³-hybridized carbons (Fsp3) is 0.500. The minimum atomic E-state index is -4.81. The summed E-state index contributed by atoms with van der Waals surface area (Å²) in [6.45, 7) is -0.717. The van der Waals surface area contributed by atoms with Crippen LogP contribution < -0.4 is 75.1 Å². The number of fused-ring (bicyclic) bond motifs is 1. The third-order valence-corrected chi connectivity index (χ3v) is 4.09. The summed E-state index contributed by atoms with van der Waals surface area (Å²) in [7, 11) is -4.81. The normalized spacial score (nSPS) is 25.2. The van der Waals surface area contributed by atoms with E-state index in [1.165, 1.54) is 0 Å². The third-order valence-electron chi connectivity index (χ3n) is 3.61. The molecule has 2 aromatic rings. The summed E-state index contributed by atoms with van der Waals surface area (Å²) >= 11 is 0. The van der Waals surface area contributed by atoms with Gasteiger partial charge >= 0.3 is 72.5 Å². The molecule has 3 heterocycles. The second-order valence-corrected chi connectivity index (χ2v) is 6.54. The summed E-state index contributed by atoms with van der Waals surface area (Å²) in [5.41, 5.74) is 4.02. The number of aliphatic hydroxyl groups excluding tert-OH is 2. The molecule has 3 rings (SSSR count). The van der Waals surface area contributed by atoms with E-state index >= 15 is 0 Å². The van der Waals surface area contributed by atoms with Crippen LogP contribution >= 0.6 is 7.82 Å². The molecule has 0 bridgehead atoms. The van der Waals surface area contributed by atoms with Crippen molar-refractivity contribution in [2.75, 3.05) is 12.3 Å². The molecule has 27 heavy (non-hydrogen) atoms. The Morgan fingerprint density at radius 3 is 2.63 bits per heavy atom. The number of nitrogen functional groups attached to an aromatic ring is 1. The van der Waals surface area contributed by atoms with Crippen molar-refractivity contribution < 1.29 is 97.7 Å². The first kappa shape index (κ1) is 25.0. The summed E-state index contributed by atoms with van der Waals surface area (Å²) in [5, 5.41) is 32.0. The number of nitrogens with zero attached hydrogens (tertiary/aromatic N) is 3. The zero-order valence-electron chi connectivity index (χ0n) is 14.3. The maximum atomic E-state index is 11.9. The fourth-order valence-electron chi connectivity index (χ4n) is 2.53. The van der Waals surface area contributed by atoms with E-state index in [9.17, 15) is 24.8 Å². The molecule has 0 spiro atoms. The Balaban J connectivity index is 0.00000182. The average Bonchev–Trinajstić information content (AvgIpc) is 2.95. The first-order chi connectivity index (χ1) is 11.6. The Morgan fingerprint density at radius 1 is 1.41 bits per heavy atom. The van der Waals surface area contributed by atoms with Gasteiger partial charge in [-0.3, -0.25) is 14.3 Å². The Hall–Kier alpha value is -0.0600. The van der Waals surface area contributed by atoms with Gasteiger partial charge in [-0.15, -0.1) is 0 Å². The molecule has 1 aliphatic rings. The van der Waals surface area contributed by atoms with E-state index in [1.54, 1.807) is 0 Å². The summed E-state index contributed by atoms with van der Waals surface area (Å²) in [4.78, 5) is 35.1. The van der Waals surface area contributed by atoms with Gasteiger partial charge in [0, 0.05) is 0 Å². The summed E-state index contributed by atoms with van der Waals surface area (Å²) < 4.78 is 21.5. The van der Waals surface area contributed by atoms with Crippen LogP contribution in [0.25, 0.3) is 11.2 Å². The van der Waals surface area contributed by atoms with E-state index in [0.29, 0.717) is 0 Å². The number of nitrogens with one attached hydrogen (secondary N) is 1. The van der Waals surface area contributed by atoms with Gasteiger partial charge in [0.2, 0.25) is 12.2 Å². The van der Waals surface area contributed by atoms with Gasteiger partial charge in [-0.2, -0.15) is 9.55 Å². The largest absolute Gasteiger partial charge is 1.00 e. The van der Waals surface area contributed by atoms with Crippen LogP contribution in [0, 0.1) is 5.21 Å². The number of aromatic amines is 1. The minimum absolute atomic E-state index is 0. The molecule has 0 aliphatic carbocycles. The molecular weight excluding hydrogens is 411 g/mol. The Bertz CT molecular complexity index is 916. The standard InChI is InChI=1S/C10H14N5O9P.2Na/c11-10-12-7-4(8(18)13-10)15(19)2-14(7)9-6(17)5(16)3(24-9)1-23-25(20,21)22;;/h2-3,5-6,9,16-17H,1H2,(H2,20,21,22)(H3,11,12,13,18);;/q;2*+1/t3-,5-,6-,9-;;/m1../s1. The second kappa shape index (κ2) is 9.17. The van der Waals surface area contributed by atoms with Crippen LogP contribution in [0.15, 0.2) is 11.1 Å². The smallest absolute Gasteiger partial charge is 0.710 e. The number of anilines is 1. The van der Waals surface area contributed by atoms with E-state index in [1.807, 2.05) is 0 Å². The van der Waals surface area contributed by atoms with Crippen LogP contribution in [0.3, 0.4) is 0 Å². The zero-order valence-corrected chi connectivity index (χ0v) is 19.2. The van der Waals surface area contributed by atoms with Gasteiger partial charge in [0.1, 0.15) is 18.3 Å². The van der Waals surface area contributed by atoms with Crippen molar-refractivity contribution in [2.45, 2.75) is 24.5 Å². The van der Waals surface area contributed by atoms with Gasteiger partial charge in [0.05, 0.1) is 6.61 Å². The van der Waals surface area contributed by atoms with Gasteiger partial charge in [-0.25, -0.2) is 9.30 Å².